The fourth-order valence-corrected chi connectivity index (χ4v) is 1.91. The molecular weight excluding hydrogens is 210 g/mol. The first kappa shape index (κ1) is 13.8. The molecule has 1 aromatic carbocycles. The van der Waals surface area contributed by atoms with Gasteiger partial charge in [0.2, 0.25) is 0 Å². The smallest absolute Gasteiger partial charge is 0.0362 e. The predicted octanol–water partition coefficient (Wildman–Crippen LogP) is 2.61. The first-order valence-corrected chi connectivity index (χ1v) is 6.38. The van der Waals surface area contributed by atoms with E-state index < -0.39 is 0 Å². The van der Waals surface area contributed by atoms with Crippen molar-refractivity contribution in [1.82, 2.24) is 0 Å². The molecule has 1 aromatic rings. The summed E-state index contributed by atoms with van der Waals surface area (Å²) in [5, 5.41) is 0. The first-order chi connectivity index (χ1) is 8.09. The molecule has 2 rings (SSSR count). The van der Waals surface area contributed by atoms with Crippen LogP contribution in [-0.2, 0) is 0 Å². The molecule has 3 nitrogen and oxygen atoms in total. The number of hydrogen-bond donors (Lipinski definition) is 2. The van der Waals surface area contributed by atoms with E-state index in [4.69, 9.17) is 11.5 Å². The van der Waals surface area contributed by atoms with Crippen LogP contribution < -0.4 is 16.4 Å². The minimum absolute atomic E-state index is 0.536. The highest BCUT2D eigenvalue weighted by Crippen LogP contribution is 2.14. The van der Waals surface area contributed by atoms with Crippen LogP contribution >= 0.6 is 0 Å². The second-order valence-corrected chi connectivity index (χ2v) is 4.88. The monoisotopic (exact) mass is 235 g/mol. The van der Waals surface area contributed by atoms with Gasteiger partial charge in [-0.05, 0) is 37.1 Å². The standard InChI is InChI=1S/C8H12N2.C6H13N/c1-10(2)8-5-3-7(9)4-6-8;7-6-4-2-1-3-5-6/h3-6H,9H2,1-2H3;6H,1-5,7H2. The number of anilines is 2. The maximum atomic E-state index is 5.63. The van der Waals surface area contributed by atoms with Gasteiger partial charge in [-0.3, -0.25) is 0 Å². The molecule has 0 spiro atoms. The van der Waals surface area contributed by atoms with E-state index in [2.05, 4.69) is 0 Å². The van der Waals surface area contributed by atoms with Crippen molar-refractivity contribution in [2.45, 2.75) is 38.1 Å². The summed E-state index contributed by atoms with van der Waals surface area (Å²) < 4.78 is 0. The van der Waals surface area contributed by atoms with Gasteiger partial charge in [0.15, 0.2) is 0 Å². The van der Waals surface area contributed by atoms with Gasteiger partial charge in [-0.1, -0.05) is 19.3 Å². The van der Waals surface area contributed by atoms with Crippen LogP contribution in [0, 0.1) is 0 Å². The molecule has 96 valence electrons. The molecule has 1 aliphatic rings. The highest BCUT2D eigenvalue weighted by Gasteiger charge is 2.06. The van der Waals surface area contributed by atoms with E-state index in [1.807, 2.05) is 43.3 Å². The van der Waals surface area contributed by atoms with Crippen molar-refractivity contribution in [3.05, 3.63) is 24.3 Å². The van der Waals surface area contributed by atoms with Gasteiger partial charge in [0, 0.05) is 31.5 Å². The highest BCUT2D eigenvalue weighted by molar-refractivity contribution is 5.51. The highest BCUT2D eigenvalue weighted by atomic mass is 15.1. The Morgan fingerprint density at radius 3 is 1.88 bits per heavy atom. The second kappa shape index (κ2) is 7.17. The molecule has 1 saturated carbocycles. The summed E-state index contributed by atoms with van der Waals surface area (Å²) in [6.45, 7) is 0. The molecule has 1 aliphatic carbocycles. The zero-order valence-electron chi connectivity index (χ0n) is 11.0. The van der Waals surface area contributed by atoms with E-state index >= 15 is 0 Å². The van der Waals surface area contributed by atoms with Gasteiger partial charge in [-0.2, -0.15) is 0 Å². The van der Waals surface area contributed by atoms with Gasteiger partial charge in [-0.15, -0.1) is 0 Å². The number of benzene rings is 1. The average molecular weight is 235 g/mol. The van der Waals surface area contributed by atoms with Crippen LogP contribution in [-0.4, -0.2) is 20.1 Å². The molecular formula is C14H25N3. The molecule has 4 N–H and O–H groups in total. The van der Waals surface area contributed by atoms with Crippen LogP contribution in [0.25, 0.3) is 0 Å². The quantitative estimate of drug-likeness (QED) is 0.736. The summed E-state index contributed by atoms with van der Waals surface area (Å²) >= 11 is 0. The second-order valence-electron chi connectivity index (χ2n) is 4.88. The first-order valence-electron chi connectivity index (χ1n) is 6.38. The maximum absolute atomic E-state index is 5.63. The summed E-state index contributed by atoms with van der Waals surface area (Å²) in [6.07, 6.45) is 6.66. The van der Waals surface area contributed by atoms with Crippen LogP contribution in [0.1, 0.15) is 32.1 Å². The van der Waals surface area contributed by atoms with Gasteiger partial charge in [0.05, 0.1) is 0 Å². The third-order valence-corrected chi connectivity index (χ3v) is 3.06. The Morgan fingerprint density at radius 1 is 1.00 bits per heavy atom. The summed E-state index contributed by atoms with van der Waals surface area (Å²) in [5.74, 6) is 0. The molecule has 0 radical (unpaired) electrons. The molecule has 0 aromatic heterocycles. The van der Waals surface area contributed by atoms with Crippen molar-refractivity contribution in [1.29, 1.82) is 0 Å². The number of nitrogens with zero attached hydrogens (tertiary/aromatic N) is 1. The SMILES string of the molecule is CN(C)c1ccc(N)cc1.NC1CCCCC1. The Bertz CT molecular complexity index is 300. The molecule has 0 atom stereocenters. The lowest BCUT2D eigenvalue weighted by Crippen LogP contribution is -2.22. The number of nitrogen functional groups attached to an aromatic ring is 1. The van der Waals surface area contributed by atoms with Crippen LogP contribution in [0.3, 0.4) is 0 Å². The van der Waals surface area contributed by atoms with E-state index in [1.165, 1.54) is 37.8 Å². The van der Waals surface area contributed by atoms with Crippen LogP contribution in [0.15, 0.2) is 24.3 Å². The zero-order valence-corrected chi connectivity index (χ0v) is 11.0. The molecule has 1 fully saturated rings. The third kappa shape index (κ3) is 5.59. The number of nitrogens with two attached hydrogens (primary N) is 2. The lowest BCUT2D eigenvalue weighted by molar-refractivity contribution is 0.441. The molecule has 17 heavy (non-hydrogen) atoms. The Morgan fingerprint density at radius 2 is 1.53 bits per heavy atom. The van der Waals surface area contributed by atoms with Gasteiger partial charge in [0.1, 0.15) is 0 Å². The Hall–Kier alpha value is -1.22. The summed E-state index contributed by atoms with van der Waals surface area (Å²) in [4.78, 5) is 2.04. The maximum Gasteiger partial charge on any atom is 0.0362 e. The average Bonchev–Trinajstić information content (AvgIpc) is 2.31. The third-order valence-electron chi connectivity index (χ3n) is 3.06. The van der Waals surface area contributed by atoms with Gasteiger partial charge < -0.3 is 16.4 Å². The molecule has 3 heteroatoms. The van der Waals surface area contributed by atoms with E-state index in [0.717, 1.165) is 5.69 Å². The summed E-state index contributed by atoms with van der Waals surface area (Å²) in [6, 6.07) is 8.32. The van der Waals surface area contributed by atoms with Gasteiger partial charge >= 0.3 is 0 Å². The van der Waals surface area contributed by atoms with E-state index in [0.29, 0.717) is 6.04 Å². The minimum Gasteiger partial charge on any atom is -0.399 e. The normalized spacial score (nSPS) is 15.9. The fourth-order valence-electron chi connectivity index (χ4n) is 1.91. The van der Waals surface area contributed by atoms with Crippen LogP contribution in [0.5, 0.6) is 0 Å². The van der Waals surface area contributed by atoms with Crippen molar-refractivity contribution < 1.29 is 0 Å². The van der Waals surface area contributed by atoms with Crippen LogP contribution in [0.2, 0.25) is 0 Å². The van der Waals surface area contributed by atoms with Crippen molar-refractivity contribution in [3.63, 3.8) is 0 Å². The number of hydrogen-bond acceptors (Lipinski definition) is 3. The van der Waals surface area contributed by atoms with Crippen molar-refractivity contribution in [2.24, 2.45) is 5.73 Å². The fraction of sp³-hybridized carbons (Fsp3) is 0.571. The van der Waals surface area contributed by atoms with Crippen molar-refractivity contribution >= 4 is 11.4 Å². The van der Waals surface area contributed by atoms with E-state index in [9.17, 15) is 0 Å². The van der Waals surface area contributed by atoms with E-state index in [1.54, 1.807) is 0 Å². The summed E-state index contributed by atoms with van der Waals surface area (Å²) in [5.41, 5.74) is 13.1. The lowest BCUT2D eigenvalue weighted by atomic mass is 9.97. The Kier molecular flexibility index (Phi) is 5.84. The Labute approximate surface area is 105 Å². The largest absolute Gasteiger partial charge is 0.399 e. The molecule has 0 aliphatic heterocycles. The molecule has 0 heterocycles. The molecule has 0 unspecified atom stereocenters. The molecule has 0 amide bonds. The zero-order chi connectivity index (χ0) is 12.7. The predicted molar refractivity (Wildman–Crippen MR) is 76.2 cm³/mol. The lowest BCUT2D eigenvalue weighted by Gasteiger charge is -2.15. The molecule has 0 bridgehead atoms. The van der Waals surface area contributed by atoms with Gasteiger partial charge in [0.25, 0.3) is 0 Å². The summed E-state index contributed by atoms with van der Waals surface area (Å²) in [7, 11) is 4.01. The van der Waals surface area contributed by atoms with Crippen molar-refractivity contribution in [3.8, 4) is 0 Å². The van der Waals surface area contributed by atoms with Crippen molar-refractivity contribution in [2.75, 3.05) is 24.7 Å². The van der Waals surface area contributed by atoms with Gasteiger partial charge in [-0.25, -0.2) is 0 Å². The molecule has 0 saturated heterocycles. The van der Waals surface area contributed by atoms with Crippen LogP contribution in [0.4, 0.5) is 11.4 Å². The van der Waals surface area contributed by atoms with E-state index in [-0.39, 0.29) is 0 Å². The Balaban J connectivity index is 0.000000181. The topological polar surface area (TPSA) is 55.3 Å². The minimum atomic E-state index is 0.536. The number of rotatable bonds is 1.